The molecule has 0 saturated heterocycles. The van der Waals surface area contributed by atoms with E-state index in [1.807, 2.05) is 49.4 Å². The van der Waals surface area contributed by atoms with E-state index in [1.54, 1.807) is 7.11 Å². The summed E-state index contributed by atoms with van der Waals surface area (Å²) in [6, 6.07) is 17.5. The lowest BCUT2D eigenvalue weighted by molar-refractivity contribution is 0.414. The third-order valence-corrected chi connectivity index (χ3v) is 4.18. The third-order valence-electron chi connectivity index (χ3n) is 3.85. The van der Waals surface area contributed by atoms with Crippen LogP contribution in [0, 0.1) is 6.92 Å². The van der Waals surface area contributed by atoms with Crippen LogP contribution in [0.3, 0.4) is 0 Å². The van der Waals surface area contributed by atoms with Crippen molar-refractivity contribution < 1.29 is 4.74 Å². The molecule has 1 heterocycles. The Morgan fingerprint density at radius 3 is 2.54 bits per heavy atom. The van der Waals surface area contributed by atoms with Gasteiger partial charge in [0, 0.05) is 18.3 Å². The topological polar surface area (TPSA) is 59.1 Å². The maximum atomic E-state index is 6.20. The molecule has 2 aromatic carbocycles. The second-order valence-electron chi connectivity index (χ2n) is 5.85. The van der Waals surface area contributed by atoms with E-state index in [4.69, 9.17) is 16.3 Å². The first kappa shape index (κ1) is 18.0. The molecule has 6 heteroatoms. The second kappa shape index (κ2) is 8.54. The number of nitrogens with one attached hydrogen (secondary N) is 2. The number of anilines is 3. The first-order valence-electron chi connectivity index (χ1n) is 8.38. The van der Waals surface area contributed by atoms with Crippen molar-refractivity contribution in [2.24, 2.45) is 0 Å². The molecule has 0 atom stereocenters. The normalized spacial score (nSPS) is 10.4. The van der Waals surface area contributed by atoms with Gasteiger partial charge < -0.3 is 15.4 Å². The first-order valence-corrected chi connectivity index (χ1v) is 8.76. The van der Waals surface area contributed by atoms with Crippen LogP contribution in [-0.2, 0) is 6.42 Å². The van der Waals surface area contributed by atoms with Gasteiger partial charge in [0.15, 0.2) is 0 Å². The molecule has 5 nitrogen and oxygen atoms in total. The summed E-state index contributed by atoms with van der Waals surface area (Å²) in [5.41, 5.74) is 2.92. The third kappa shape index (κ3) is 4.86. The van der Waals surface area contributed by atoms with E-state index in [-0.39, 0.29) is 0 Å². The van der Waals surface area contributed by atoms with Crippen LogP contribution < -0.4 is 15.4 Å². The maximum absolute atomic E-state index is 6.20. The predicted molar refractivity (Wildman–Crippen MR) is 107 cm³/mol. The Kier molecular flexibility index (Phi) is 5.92. The Labute approximate surface area is 158 Å². The quantitative estimate of drug-likeness (QED) is 0.624. The summed E-state index contributed by atoms with van der Waals surface area (Å²) in [6.07, 6.45) is 0.870. The van der Waals surface area contributed by atoms with Crippen LogP contribution in [0.1, 0.15) is 11.3 Å². The Bertz CT molecular complexity index is 868. The number of ether oxygens (including phenoxy) is 1. The molecule has 0 radical (unpaired) electrons. The maximum Gasteiger partial charge on any atom is 0.224 e. The lowest BCUT2D eigenvalue weighted by Gasteiger charge is -2.11. The molecule has 1 aromatic heterocycles. The Morgan fingerprint density at radius 1 is 1.04 bits per heavy atom. The molecule has 2 N–H and O–H groups in total. The Balaban J connectivity index is 1.62. The van der Waals surface area contributed by atoms with Crippen molar-refractivity contribution in [3.05, 3.63) is 70.9 Å². The van der Waals surface area contributed by atoms with E-state index < -0.39 is 0 Å². The zero-order valence-electron chi connectivity index (χ0n) is 14.8. The van der Waals surface area contributed by atoms with Crippen molar-refractivity contribution in [3.8, 4) is 5.75 Å². The van der Waals surface area contributed by atoms with Crippen molar-refractivity contribution in [2.75, 3.05) is 24.3 Å². The van der Waals surface area contributed by atoms with Gasteiger partial charge in [0.05, 0.1) is 17.8 Å². The fourth-order valence-electron chi connectivity index (χ4n) is 2.52. The van der Waals surface area contributed by atoms with Crippen LogP contribution in [0.15, 0.2) is 54.6 Å². The van der Waals surface area contributed by atoms with E-state index in [1.165, 1.54) is 5.56 Å². The molecule has 0 saturated carbocycles. The van der Waals surface area contributed by atoms with Gasteiger partial charge in [0.25, 0.3) is 0 Å². The van der Waals surface area contributed by atoms with Crippen molar-refractivity contribution in [1.29, 1.82) is 0 Å². The van der Waals surface area contributed by atoms with Crippen molar-refractivity contribution in [3.63, 3.8) is 0 Å². The number of benzene rings is 2. The molecule has 0 spiro atoms. The van der Waals surface area contributed by atoms with Gasteiger partial charge in [-0.15, -0.1) is 0 Å². The Morgan fingerprint density at radius 2 is 1.81 bits per heavy atom. The minimum Gasteiger partial charge on any atom is -0.497 e. The van der Waals surface area contributed by atoms with Gasteiger partial charge in [0.1, 0.15) is 11.6 Å². The van der Waals surface area contributed by atoms with E-state index >= 15 is 0 Å². The van der Waals surface area contributed by atoms with Gasteiger partial charge in [-0.25, -0.2) is 4.98 Å². The summed E-state index contributed by atoms with van der Waals surface area (Å²) in [7, 11) is 1.67. The predicted octanol–water partition coefficient (Wildman–Crippen LogP) is 4.85. The van der Waals surface area contributed by atoms with Crippen molar-refractivity contribution in [1.82, 2.24) is 9.97 Å². The summed E-state index contributed by atoms with van der Waals surface area (Å²) in [6.45, 7) is 2.68. The zero-order chi connectivity index (χ0) is 18.4. The number of halogens is 1. The van der Waals surface area contributed by atoms with E-state index in [2.05, 4.69) is 32.7 Å². The molecular weight excluding hydrogens is 348 g/mol. The van der Waals surface area contributed by atoms with Crippen LogP contribution in [0.5, 0.6) is 5.75 Å². The lowest BCUT2D eigenvalue weighted by Crippen LogP contribution is -2.09. The number of methoxy groups -OCH3 is 1. The molecule has 134 valence electrons. The number of nitrogens with zero attached hydrogens (tertiary/aromatic N) is 2. The molecule has 0 aliphatic rings. The van der Waals surface area contributed by atoms with Crippen LogP contribution in [0.25, 0.3) is 0 Å². The summed E-state index contributed by atoms with van der Waals surface area (Å²) in [4.78, 5) is 8.96. The highest BCUT2D eigenvalue weighted by Crippen LogP contribution is 2.24. The second-order valence-corrected chi connectivity index (χ2v) is 6.26. The highest BCUT2D eigenvalue weighted by atomic mass is 35.5. The summed E-state index contributed by atoms with van der Waals surface area (Å²) in [5, 5.41) is 7.16. The van der Waals surface area contributed by atoms with E-state index in [0.29, 0.717) is 16.8 Å². The molecule has 0 aliphatic carbocycles. The zero-order valence-corrected chi connectivity index (χ0v) is 15.5. The monoisotopic (exact) mass is 368 g/mol. The molecule has 0 fully saturated rings. The number of para-hydroxylation sites is 1. The highest BCUT2D eigenvalue weighted by Gasteiger charge is 2.05. The average Bonchev–Trinajstić information content (AvgIpc) is 2.64. The average molecular weight is 369 g/mol. The first-order chi connectivity index (χ1) is 12.6. The minimum atomic E-state index is 0.591. The van der Waals surface area contributed by atoms with Gasteiger partial charge in [-0.1, -0.05) is 35.9 Å². The van der Waals surface area contributed by atoms with Gasteiger partial charge in [0.2, 0.25) is 5.95 Å². The van der Waals surface area contributed by atoms with Crippen LogP contribution >= 0.6 is 11.6 Å². The van der Waals surface area contributed by atoms with Crippen molar-refractivity contribution >= 4 is 29.1 Å². The fraction of sp³-hybridized carbons (Fsp3) is 0.200. The number of hydrogen-bond acceptors (Lipinski definition) is 5. The summed E-state index contributed by atoms with van der Waals surface area (Å²) >= 11 is 6.20. The molecule has 0 aliphatic heterocycles. The molecule has 26 heavy (non-hydrogen) atoms. The van der Waals surface area contributed by atoms with Crippen LogP contribution in [0.2, 0.25) is 5.02 Å². The minimum absolute atomic E-state index is 0.591. The number of aryl methyl sites for hydroxylation is 1. The SMILES string of the molecule is COc1ccc(CCNc2nc(C)cc(Nc3ccccc3Cl)n2)cc1. The van der Waals surface area contributed by atoms with Gasteiger partial charge in [-0.2, -0.15) is 4.98 Å². The highest BCUT2D eigenvalue weighted by molar-refractivity contribution is 6.33. The number of rotatable bonds is 7. The molecule has 0 unspecified atom stereocenters. The number of aromatic nitrogens is 2. The van der Waals surface area contributed by atoms with Gasteiger partial charge >= 0.3 is 0 Å². The van der Waals surface area contributed by atoms with Crippen LogP contribution in [-0.4, -0.2) is 23.6 Å². The smallest absolute Gasteiger partial charge is 0.224 e. The summed E-state index contributed by atoms with van der Waals surface area (Å²) in [5.74, 6) is 2.16. The Hall–Kier alpha value is -2.79. The largest absolute Gasteiger partial charge is 0.497 e. The van der Waals surface area contributed by atoms with Gasteiger partial charge in [-0.05, 0) is 43.2 Å². The molecule has 0 bridgehead atoms. The molecule has 3 aromatic rings. The van der Waals surface area contributed by atoms with E-state index in [9.17, 15) is 0 Å². The van der Waals surface area contributed by atoms with Crippen molar-refractivity contribution in [2.45, 2.75) is 13.3 Å². The van der Waals surface area contributed by atoms with Crippen LogP contribution in [0.4, 0.5) is 17.5 Å². The number of hydrogen-bond donors (Lipinski definition) is 2. The molecule has 0 amide bonds. The van der Waals surface area contributed by atoms with E-state index in [0.717, 1.165) is 30.1 Å². The standard InChI is InChI=1S/C20H21ClN4O/c1-14-13-19(24-18-6-4-3-5-17(18)21)25-20(23-14)22-12-11-15-7-9-16(26-2)10-8-15/h3-10,13H,11-12H2,1-2H3,(H2,22,23,24,25). The fourth-order valence-corrected chi connectivity index (χ4v) is 2.71. The summed E-state index contributed by atoms with van der Waals surface area (Å²) < 4.78 is 5.17. The molecular formula is C20H21ClN4O. The van der Waals surface area contributed by atoms with Gasteiger partial charge in [-0.3, -0.25) is 0 Å². The lowest BCUT2D eigenvalue weighted by atomic mass is 10.1. The molecule has 3 rings (SSSR count).